The lowest BCUT2D eigenvalue weighted by molar-refractivity contribution is -0.131. The second-order valence-electron chi connectivity index (χ2n) is 6.66. The summed E-state index contributed by atoms with van der Waals surface area (Å²) in [4.78, 5) is 25.7. The van der Waals surface area contributed by atoms with Crippen molar-refractivity contribution in [2.24, 2.45) is 4.99 Å². The molecule has 0 aromatic carbocycles. The Morgan fingerprint density at radius 3 is 3.08 bits per heavy atom. The third kappa shape index (κ3) is 3.44. The Balaban J connectivity index is 1.37. The van der Waals surface area contributed by atoms with Crippen LogP contribution in [0.25, 0.3) is 0 Å². The molecule has 1 aromatic heterocycles. The molecule has 0 saturated heterocycles. The SMILES string of the molecule is CCN(Cc1noc(C2CCC2)n1)C(=O)CC1=CSC2=NCCCN12. The largest absolute Gasteiger partial charge is 0.339 e. The minimum atomic E-state index is 0.0937. The Labute approximate surface area is 151 Å². The molecule has 0 radical (unpaired) electrons. The monoisotopic (exact) mass is 361 g/mol. The van der Waals surface area contributed by atoms with Gasteiger partial charge < -0.3 is 14.3 Å². The number of nitrogens with zero attached hydrogens (tertiary/aromatic N) is 5. The van der Waals surface area contributed by atoms with Gasteiger partial charge in [-0.25, -0.2) is 0 Å². The highest BCUT2D eigenvalue weighted by molar-refractivity contribution is 8.16. The summed E-state index contributed by atoms with van der Waals surface area (Å²) in [7, 11) is 0. The van der Waals surface area contributed by atoms with E-state index in [1.165, 1.54) is 6.42 Å². The number of amides is 1. The van der Waals surface area contributed by atoms with Gasteiger partial charge in [-0.3, -0.25) is 9.79 Å². The van der Waals surface area contributed by atoms with Crippen molar-refractivity contribution in [3.63, 3.8) is 0 Å². The summed E-state index contributed by atoms with van der Waals surface area (Å²) >= 11 is 1.62. The molecule has 8 heteroatoms. The lowest BCUT2D eigenvalue weighted by atomic mass is 9.85. The van der Waals surface area contributed by atoms with Crippen LogP contribution in [-0.2, 0) is 11.3 Å². The van der Waals surface area contributed by atoms with Crippen LogP contribution in [0.3, 0.4) is 0 Å². The van der Waals surface area contributed by atoms with Gasteiger partial charge in [-0.2, -0.15) is 4.98 Å². The van der Waals surface area contributed by atoms with E-state index in [9.17, 15) is 4.79 Å². The van der Waals surface area contributed by atoms with Gasteiger partial charge in [0.2, 0.25) is 11.8 Å². The van der Waals surface area contributed by atoms with Crippen LogP contribution in [0.4, 0.5) is 0 Å². The molecule has 0 bridgehead atoms. The number of thioether (sulfide) groups is 1. The third-order valence-electron chi connectivity index (χ3n) is 5.00. The van der Waals surface area contributed by atoms with Gasteiger partial charge in [0.15, 0.2) is 11.0 Å². The minimum absolute atomic E-state index is 0.0937. The average Bonchev–Trinajstić information content (AvgIpc) is 3.19. The molecule has 134 valence electrons. The Bertz CT molecular complexity index is 710. The van der Waals surface area contributed by atoms with Crippen molar-refractivity contribution in [1.29, 1.82) is 0 Å². The first-order chi connectivity index (χ1) is 12.2. The zero-order valence-corrected chi connectivity index (χ0v) is 15.3. The van der Waals surface area contributed by atoms with E-state index < -0.39 is 0 Å². The summed E-state index contributed by atoms with van der Waals surface area (Å²) in [5.41, 5.74) is 1.05. The maximum Gasteiger partial charge on any atom is 0.229 e. The standard InChI is InChI=1S/C17H23N5O2S/c1-2-21(10-14-19-16(24-20-14)12-5-3-6-12)15(23)9-13-11-25-17-18-7-4-8-22(13)17/h11-12H,2-10H2,1H3. The Hall–Kier alpha value is -1.83. The molecular weight excluding hydrogens is 338 g/mol. The molecule has 1 aromatic rings. The lowest BCUT2D eigenvalue weighted by Gasteiger charge is -2.26. The quantitative estimate of drug-likeness (QED) is 0.775. The molecule has 2 aliphatic heterocycles. The highest BCUT2D eigenvalue weighted by Gasteiger charge is 2.29. The molecule has 4 rings (SSSR count). The lowest BCUT2D eigenvalue weighted by Crippen LogP contribution is -2.35. The van der Waals surface area contributed by atoms with Gasteiger partial charge in [0.25, 0.3) is 0 Å². The normalized spacial score (nSPS) is 20.0. The van der Waals surface area contributed by atoms with Gasteiger partial charge in [0.1, 0.15) is 0 Å². The van der Waals surface area contributed by atoms with Gasteiger partial charge in [0.05, 0.1) is 13.0 Å². The molecule has 7 nitrogen and oxygen atoms in total. The van der Waals surface area contributed by atoms with Crippen molar-refractivity contribution in [2.45, 2.75) is 51.5 Å². The maximum absolute atomic E-state index is 12.7. The third-order valence-corrected chi connectivity index (χ3v) is 5.95. The maximum atomic E-state index is 12.7. The van der Waals surface area contributed by atoms with Crippen molar-refractivity contribution in [1.82, 2.24) is 19.9 Å². The fourth-order valence-corrected chi connectivity index (χ4v) is 4.19. The van der Waals surface area contributed by atoms with Crippen LogP contribution in [0.15, 0.2) is 20.6 Å². The molecule has 0 N–H and O–H groups in total. The van der Waals surface area contributed by atoms with E-state index >= 15 is 0 Å². The zero-order chi connectivity index (χ0) is 17.2. The second kappa shape index (κ2) is 7.19. The van der Waals surface area contributed by atoms with Crippen LogP contribution < -0.4 is 0 Å². The van der Waals surface area contributed by atoms with E-state index in [0.717, 1.165) is 49.1 Å². The van der Waals surface area contributed by atoms with E-state index in [4.69, 9.17) is 4.52 Å². The van der Waals surface area contributed by atoms with Gasteiger partial charge >= 0.3 is 0 Å². The van der Waals surface area contributed by atoms with Crippen molar-refractivity contribution in [3.8, 4) is 0 Å². The predicted molar refractivity (Wildman–Crippen MR) is 95.9 cm³/mol. The molecule has 1 aliphatic carbocycles. The molecular formula is C17H23N5O2S. The van der Waals surface area contributed by atoms with Gasteiger partial charge in [0, 0.05) is 31.2 Å². The van der Waals surface area contributed by atoms with Crippen LogP contribution in [0.1, 0.15) is 56.7 Å². The van der Waals surface area contributed by atoms with E-state index in [1.807, 2.05) is 6.92 Å². The van der Waals surface area contributed by atoms with Crippen LogP contribution in [-0.4, -0.2) is 50.6 Å². The number of carbonyl (C=O) groups is 1. The molecule has 3 heterocycles. The first-order valence-electron chi connectivity index (χ1n) is 9.02. The van der Waals surface area contributed by atoms with Crippen molar-refractivity contribution in [3.05, 3.63) is 22.8 Å². The first kappa shape index (κ1) is 16.6. The number of fused-ring (bicyclic) bond motifs is 1. The Morgan fingerprint density at radius 2 is 2.32 bits per heavy atom. The van der Waals surface area contributed by atoms with E-state index in [1.54, 1.807) is 16.7 Å². The summed E-state index contributed by atoms with van der Waals surface area (Å²) < 4.78 is 5.36. The highest BCUT2D eigenvalue weighted by Crippen LogP contribution is 2.35. The fourth-order valence-electron chi connectivity index (χ4n) is 3.24. The van der Waals surface area contributed by atoms with Gasteiger partial charge in [-0.05, 0) is 31.6 Å². The van der Waals surface area contributed by atoms with Gasteiger partial charge in [-0.1, -0.05) is 23.3 Å². The number of aromatic nitrogens is 2. The summed E-state index contributed by atoms with van der Waals surface area (Å²) in [5, 5.41) is 7.14. The molecule has 1 fully saturated rings. The number of carbonyl (C=O) groups excluding carboxylic acids is 1. The van der Waals surface area contributed by atoms with Crippen LogP contribution in [0.5, 0.6) is 0 Å². The number of hydrogen-bond acceptors (Lipinski definition) is 7. The topological polar surface area (TPSA) is 74.8 Å². The molecule has 0 unspecified atom stereocenters. The predicted octanol–water partition coefficient (Wildman–Crippen LogP) is 2.73. The molecule has 25 heavy (non-hydrogen) atoms. The van der Waals surface area contributed by atoms with E-state index in [0.29, 0.717) is 31.3 Å². The number of amidine groups is 1. The van der Waals surface area contributed by atoms with E-state index in [-0.39, 0.29) is 5.91 Å². The minimum Gasteiger partial charge on any atom is -0.339 e. The average molecular weight is 361 g/mol. The van der Waals surface area contributed by atoms with Crippen LogP contribution in [0.2, 0.25) is 0 Å². The van der Waals surface area contributed by atoms with E-state index in [2.05, 4.69) is 25.4 Å². The first-order valence-corrected chi connectivity index (χ1v) is 9.90. The molecule has 0 spiro atoms. The smallest absolute Gasteiger partial charge is 0.229 e. The van der Waals surface area contributed by atoms with Gasteiger partial charge in [-0.15, -0.1) is 0 Å². The number of hydrogen-bond donors (Lipinski definition) is 0. The van der Waals surface area contributed by atoms with Crippen LogP contribution >= 0.6 is 11.8 Å². The summed E-state index contributed by atoms with van der Waals surface area (Å²) in [5.74, 6) is 1.85. The number of rotatable bonds is 6. The Morgan fingerprint density at radius 1 is 1.44 bits per heavy atom. The molecule has 3 aliphatic rings. The highest BCUT2D eigenvalue weighted by atomic mass is 32.2. The molecule has 1 saturated carbocycles. The second-order valence-corrected chi connectivity index (χ2v) is 7.49. The van der Waals surface area contributed by atoms with Crippen molar-refractivity contribution in [2.75, 3.05) is 19.6 Å². The van der Waals surface area contributed by atoms with Crippen molar-refractivity contribution < 1.29 is 9.32 Å². The zero-order valence-electron chi connectivity index (χ0n) is 14.5. The Kier molecular flexibility index (Phi) is 4.78. The summed E-state index contributed by atoms with van der Waals surface area (Å²) in [6.07, 6.45) is 4.93. The van der Waals surface area contributed by atoms with Crippen LogP contribution in [0, 0.1) is 0 Å². The molecule has 1 amide bonds. The van der Waals surface area contributed by atoms with Crippen molar-refractivity contribution >= 4 is 22.8 Å². The summed E-state index contributed by atoms with van der Waals surface area (Å²) in [6, 6.07) is 0. The summed E-state index contributed by atoms with van der Waals surface area (Å²) in [6.45, 7) is 4.86. The fraction of sp³-hybridized carbons (Fsp3) is 0.647. The number of aliphatic imine (C=N–C) groups is 1. The molecule has 0 atom stereocenters.